The lowest BCUT2D eigenvalue weighted by atomic mass is 10.0. The Morgan fingerprint density at radius 2 is 1.77 bits per heavy atom. The van der Waals surface area contributed by atoms with E-state index < -0.39 is 22.2 Å². The van der Waals surface area contributed by atoms with Gasteiger partial charge in [-0.15, -0.1) is 0 Å². The Hall–Kier alpha value is -2.09. The molecule has 1 heterocycles. The van der Waals surface area contributed by atoms with E-state index in [9.17, 15) is 13.5 Å². The minimum Gasteiger partial charge on any atom is -0.490 e. The van der Waals surface area contributed by atoms with Gasteiger partial charge in [-0.2, -0.15) is 0 Å². The molecule has 26 heavy (non-hydrogen) atoms. The second-order valence-electron chi connectivity index (χ2n) is 6.34. The molecule has 2 aromatic rings. The maximum atomic E-state index is 12.6. The highest BCUT2D eigenvalue weighted by Crippen LogP contribution is 2.32. The molecule has 0 fully saturated rings. The average molecular weight is 377 g/mol. The summed E-state index contributed by atoms with van der Waals surface area (Å²) in [6.07, 6.45) is 0.287. The summed E-state index contributed by atoms with van der Waals surface area (Å²) in [5, 5.41) is 10.3. The average Bonchev–Trinajstić information content (AvgIpc) is 2.86. The van der Waals surface area contributed by atoms with Crippen molar-refractivity contribution >= 4 is 10.0 Å². The number of hydrogen-bond donors (Lipinski definition) is 2. The van der Waals surface area contributed by atoms with Crippen LogP contribution in [0.5, 0.6) is 11.5 Å². The van der Waals surface area contributed by atoms with Crippen LogP contribution in [-0.2, 0) is 10.0 Å². The molecule has 0 unspecified atom stereocenters. The summed E-state index contributed by atoms with van der Waals surface area (Å²) < 4.78 is 39.0. The molecule has 0 bridgehead atoms. The Bertz CT molecular complexity index is 838. The van der Waals surface area contributed by atoms with Gasteiger partial charge in [-0.1, -0.05) is 30.3 Å². The summed E-state index contributed by atoms with van der Waals surface area (Å²) in [5.74, 6) is 0.983. The molecule has 140 valence electrons. The van der Waals surface area contributed by atoms with E-state index in [0.717, 1.165) is 12.0 Å². The summed E-state index contributed by atoms with van der Waals surface area (Å²) >= 11 is 0. The quantitative estimate of drug-likeness (QED) is 0.808. The standard InChI is InChI=1S/C19H23NO5S/c1-14(12-17(21)15-6-3-2-4-7-15)20-26(22,23)16-8-9-18-19(13-16)25-11-5-10-24-18/h2-4,6-9,13-14,17,20-21H,5,10-12H2,1H3/t14-,17+/m0/s1. The van der Waals surface area contributed by atoms with Crippen molar-refractivity contribution in [1.82, 2.24) is 4.72 Å². The molecule has 7 heteroatoms. The third-order valence-electron chi connectivity index (χ3n) is 4.15. The third kappa shape index (κ3) is 4.55. The fourth-order valence-electron chi connectivity index (χ4n) is 2.84. The minimum atomic E-state index is -3.73. The third-order valence-corrected chi connectivity index (χ3v) is 5.73. The normalized spacial score (nSPS) is 16.5. The maximum Gasteiger partial charge on any atom is 0.240 e. The fraction of sp³-hybridized carbons (Fsp3) is 0.368. The second kappa shape index (κ2) is 8.07. The molecule has 1 aliphatic rings. The summed E-state index contributed by atoms with van der Waals surface area (Å²) in [5.41, 5.74) is 0.758. The highest BCUT2D eigenvalue weighted by atomic mass is 32.2. The smallest absolute Gasteiger partial charge is 0.240 e. The maximum absolute atomic E-state index is 12.6. The number of ether oxygens (including phenoxy) is 2. The van der Waals surface area contributed by atoms with E-state index in [-0.39, 0.29) is 11.3 Å². The zero-order valence-electron chi connectivity index (χ0n) is 14.6. The van der Waals surface area contributed by atoms with Crippen molar-refractivity contribution in [3.8, 4) is 11.5 Å². The summed E-state index contributed by atoms with van der Waals surface area (Å²) in [4.78, 5) is 0.114. The van der Waals surface area contributed by atoms with E-state index in [1.54, 1.807) is 13.0 Å². The second-order valence-corrected chi connectivity index (χ2v) is 8.06. The van der Waals surface area contributed by atoms with Crippen molar-refractivity contribution in [3.05, 3.63) is 54.1 Å². The number of aliphatic hydroxyl groups is 1. The molecule has 0 radical (unpaired) electrons. The number of aliphatic hydroxyl groups excluding tert-OH is 1. The van der Waals surface area contributed by atoms with E-state index in [1.807, 2.05) is 30.3 Å². The molecule has 2 N–H and O–H groups in total. The van der Waals surface area contributed by atoms with Gasteiger partial charge in [-0.05, 0) is 31.0 Å². The van der Waals surface area contributed by atoms with Crippen LogP contribution in [0.4, 0.5) is 0 Å². The van der Waals surface area contributed by atoms with Crippen molar-refractivity contribution in [1.29, 1.82) is 0 Å². The number of benzene rings is 2. The van der Waals surface area contributed by atoms with Gasteiger partial charge in [0, 0.05) is 18.5 Å². The van der Waals surface area contributed by atoms with Crippen LogP contribution in [0.1, 0.15) is 31.4 Å². The number of hydrogen-bond acceptors (Lipinski definition) is 5. The van der Waals surface area contributed by atoms with Crippen molar-refractivity contribution < 1.29 is 23.0 Å². The molecular weight excluding hydrogens is 354 g/mol. The Balaban J connectivity index is 1.69. The van der Waals surface area contributed by atoms with Gasteiger partial charge >= 0.3 is 0 Å². The highest BCUT2D eigenvalue weighted by molar-refractivity contribution is 7.89. The highest BCUT2D eigenvalue weighted by Gasteiger charge is 2.22. The SMILES string of the molecule is C[C@@H](C[C@@H](O)c1ccccc1)NS(=O)(=O)c1ccc2c(c1)OCCCO2. The van der Waals surface area contributed by atoms with E-state index in [4.69, 9.17) is 9.47 Å². The molecule has 2 aromatic carbocycles. The van der Waals surface area contributed by atoms with E-state index in [0.29, 0.717) is 24.7 Å². The Morgan fingerprint density at radius 1 is 1.08 bits per heavy atom. The summed E-state index contributed by atoms with van der Waals surface area (Å²) in [6.45, 7) is 2.77. The van der Waals surface area contributed by atoms with E-state index in [1.165, 1.54) is 12.1 Å². The van der Waals surface area contributed by atoms with Crippen LogP contribution in [0.25, 0.3) is 0 Å². The first-order chi connectivity index (χ1) is 12.5. The first-order valence-corrected chi connectivity index (χ1v) is 10.1. The molecule has 2 atom stereocenters. The van der Waals surface area contributed by atoms with Gasteiger partial charge in [0.25, 0.3) is 0 Å². The lowest BCUT2D eigenvalue weighted by Crippen LogP contribution is -2.33. The van der Waals surface area contributed by atoms with E-state index in [2.05, 4.69) is 4.72 Å². The first kappa shape index (κ1) is 18.7. The molecule has 1 aliphatic heterocycles. The topological polar surface area (TPSA) is 84.9 Å². The Kier molecular flexibility index (Phi) is 5.80. The Morgan fingerprint density at radius 3 is 2.50 bits per heavy atom. The molecule has 0 amide bonds. The number of nitrogens with one attached hydrogen (secondary N) is 1. The molecule has 6 nitrogen and oxygen atoms in total. The summed E-state index contributed by atoms with van der Waals surface area (Å²) in [7, 11) is -3.73. The number of sulfonamides is 1. The Labute approximate surface area is 153 Å². The number of fused-ring (bicyclic) bond motifs is 1. The molecule has 0 aliphatic carbocycles. The van der Waals surface area contributed by atoms with Crippen LogP contribution in [0.2, 0.25) is 0 Å². The monoisotopic (exact) mass is 377 g/mol. The van der Waals surface area contributed by atoms with Crippen LogP contribution < -0.4 is 14.2 Å². The lowest BCUT2D eigenvalue weighted by Gasteiger charge is -2.18. The van der Waals surface area contributed by atoms with Crippen LogP contribution in [0.3, 0.4) is 0 Å². The fourth-order valence-corrected chi connectivity index (χ4v) is 4.11. The predicted octanol–water partition coefficient (Wildman–Crippen LogP) is 2.64. The molecule has 0 saturated heterocycles. The molecule has 0 spiro atoms. The van der Waals surface area contributed by atoms with Crippen molar-refractivity contribution in [3.63, 3.8) is 0 Å². The van der Waals surface area contributed by atoms with Gasteiger partial charge in [-0.3, -0.25) is 0 Å². The summed E-state index contributed by atoms with van der Waals surface area (Å²) in [6, 6.07) is 13.3. The van der Waals surface area contributed by atoms with Gasteiger partial charge in [0.15, 0.2) is 11.5 Å². The van der Waals surface area contributed by atoms with Crippen molar-refractivity contribution in [2.45, 2.75) is 36.8 Å². The van der Waals surface area contributed by atoms with Crippen molar-refractivity contribution in [2.24, 2.45) is 0 Å². The zero-order chi connectivity index (χ0) is 18.6. The minimum absolute atomic E-state index is 0.114. The van der Waals surface area contributed by atoms with Crippen LogP contribution >= 0.6 is 0 Å². The molecule has 3 rings (SSSR count). The number of rotatable bonds is 6. The van der Waals surface area contributed by atoms with Gasteiger partial charge in [0.1, 0.15) is 0 Å². The molecular formula is C19H23NO5S. The zero-order valence-corrected chi connectivity index (χ0v) is 15.4. The lowest BCUT2D eigenvalue weighted by molar-refractivity contribution is 0.158. The van der Waals surface area contributed by atoms with Gasteiger partial charge in [0.2, 0.25) is 10.0 Å². The largest absolute Gasteiger partial charge is 0.490 e. The van der Waals surface area contributed by atoms with E-state index >= 15 is 0 Å². The van der Waals surface area contributed by atoms with Gasteiger partial charge in [0.05, 0.1) is 24.2 Å². The van der Waals surface area contributed by atoms with Gasteiger partial charge < -0.3 is 14.6 Å². The van der Waals surface area contributed by atoms with Crippen molar-refractivity contribution in [2.75, 3.05) is 13.2 Å². The van der Waals surface area contributed by atoms with Crippen LogP contribution in [0, 0.1) is 0 Å². The van der Waals surface area contributed by atoms with Crippen LogP contribution in [0.15, 0.2) is 53.4 Å². The molecule has 0 aromatic heterocycles. The van der Waals surface area contributed by atoms with Gasteiger partial charge in [-0.25, -0.2) is 13.1 Å². The molecule has 0 saturated carbocycles. The first-order valence-electron chi connectivity index (χ1n) is 8.61. The predicted molar refractivity (Wildman–Crippen MR) is 97.9 cm³/mol. The van der Waals surface area contributed by atoms with Crippen LogP contribution in [-0.4, -0.2) is 32.8 Å².